The molecule has 0 spiro atoms. The Morgan fingerprint density at radius 2 is 2.14 bits per heavy atom. The normalized spacial score (nSPS) is 9.93. The van der Waals surface area contributed by atoms with E-state index in [1.165, 1.54) is 6.92 Å². The van der Waals surface area contributed by atoms with Crippen LogP contribution in [0.2, 0.25) is 0 Å². The van der Waals surface area contributed by atoms with E-state index >= 15 is 0 Å². The molecule has 0 aliphatic rings. The van der Waals surface area contributed by atoms with Crippen molar-refractivity contribution >= 4 is 17.2 Å². The number of hydrogen-bond donors (Lipinski definition) is 1. The Morgan fingerprint density at radius 3 is 2.57 bits per heavy atom. The molecule has 0 aliphatic heterocycles. The highest BCUT2D eigenvalue weighted by Crippen LogP contribution is 2.23. The van der Waals surface area contributed by atoms with Crippen LogP contribution in [0, 0.1) is 0 Å². The van der Waals surface area contributed by atoms with Crippen LogP contribution in [0.3, 0.4) is 0 Å². The molecular weight excluding hydrogens is 176 g/mol. The number of nitrogens with two attached hydrogens (primary N) is 1. The third-order valence-corrected chi connectivity index (χ3v) is 2.32. The number of anilines is 2. The Morgan fingerprint density at radius 1 is 1.50 bits per heavy atom. The first-order valence-corrected chi connectivity index (χ1v) is 4.67. The fraction of sp³-hybridized carbons (Fsp3) is 0.364. The predicted molar refractivity (Wildman–Crippen MR) is 59.8 cm³/mol. The highest BCUT2D eigenvalue weighted by molar-refractivity contribution is 5.96. The lowest BCUT2D eigenvalue weighted by Gasteiger charge is -2.19. The molecule has 0 saturated heterocycles. The van der Waals surface area contributed by atoms with Gasteiger partial charge in [0.2, 0.25) is 0 Å². The Balaban J connectivity index is 3.07. The van der Waals surface area contributed by atoms with Crippen LogP contribution >= 0.6 is 0 Å². The lowest BCUT2D eigenvalue weighted by atomic mass is 10.1. The summed E-state index contributed by atoms with van der Waals surface area (Å²) in [6, 6.07) is 5.42. The standard InChI is InChI=1S/C11H16N2O/c1-4-13(3)11-6-5-9(8(2)14)7-10(11)12/h5-7H,4,12H2,1-3H3. The van der Waals surface area contributed by atoms with Crippen molar-refractivity contribution in [3.8, 4) is 0 Å². The molecule has 0 atom stereocenters. The first kappa shape index (κ1) is 10.6. The minimum atomic E-state index is 0.0439. The van der Waals surface area contributed by atoms with Gasteiger partial charge in [-0.2, -0.15) is 0 Å². The average molecular weight is 192 g/mol. The van der Waals surface area contributed by atoms with Gasteiger partial charge in [0.25, 0.3) is 0 Å². The monoisotopic (exact) mass is 192 g/mol. The predicted octanol–water partition coefficient (Wildman–Crippen LogP) is 1.93. The second-order valence-electron chi connectivity index (χ2n) is 3.34. The first-order chi connectivity index (χ1) is 6.56. The van der Waals surface area contributed by atoms with E-state index in [0.717, 1.165) is 12.2 Å². The van der Waals surface area contributed by atoms with Crippen molar-refractivity contribution in [2.45, 2.75) is 13.8 Å². The van der Waals surface area contributed by atoms with Crippen molar-refractivity contribution in [2.24, 2.45) is 0 Å². The maximum atomic E-state index is 11.1. The Kier molecular flexibility index (Phi) is 3.12. The summed E-state index contributed by atoms with van der Waals surface area (Å²) in [5.74, 6) is 0.0439. The molecule has 1 aromatic carbocycles. The topological polar surface area (TPSA) is 46.3 Å². The minimum absolute atomic E-state index is 0.0439. The van der Waals surface area contributed by atoms with Crippen LogP contribution in [0.1, 0.15) is 24.2 Å². The van der Waals surface area contributed by atoms with Gasteiger partial charge in [-0.1, -0.05) is 0 Å². The summed E-state index contributed by atoms with van der Waals surface area (Å²) in [6.45, 7) is 4.49. The fourth-order valence-corrected chi connectivity index (χ4v) is 1.29. The van der Waals surface area contributed by atoms with Crippen LogP contribution in [0.25, 0.3) is 0 Å². The first-order valence-electron chi connectivity index (χ1n) is 4.67. The number of ketones is 1. The van der Waals surface area contributed by atoms with E-state index in [1.54, 1.807) is 12.1 Å². The lowest BCUT2D eigenvalue weighted by Crippen LogP contribution is -2.17. The molecule has 76 valence electrons. The molecule has 14 heavy (non-hydrogen) atoms. The number of Topliss-reactive ketones (excluding diaryl/α,β-unsaturated/α-hetero) is 1. The number of carbonyl (C=O) groups is 1. The molecule has 0 amide bonds. The SMILES string of the molecule is CCN(C)c1ccc(C(C)=O)cc1N. The molecule has 0 bridgehead atoms. The molecule has 0 fully saturated rings. The number of rotatable bonds is 3. The highest BCUT2D eigenvalue weighted by atomic mass is 16.1. The zero-order chi connectivity index (χ0) is 10.7. The van der Waals surface area contributed by atoms with E-state index in [0.29, 0.717) is 11.3 Å². The summed E-state index contributed by atoms with van der Waals surface area (Å²) in [4.78, 5) is 13.1. The van der Waals surface area contributed by atoms with Crippen LogP contribution in [-0.2, 0) is 0 Å². The molecule has 0 saturated carbocycles. The fourth-order valence-electron chi connectivity index (χ4n) is 1.29. The highest BCUT2D eigenvalue weighted by Gasteiger charge is 2.06. The number of nitrogens with zero attached hydrogens (tertiary/aromatic N) is 1. The zero-order valence-electron chi connectivity index (χ0n) is 8.87. The van der Waals surface area contributed by atoms with Crippen molar-refractivity contribution < 1.29 is 4.79 Å². The van der Waals surface area contributed by atoms with Gasteiger partial charge in [-0.25, -0.2) is 0 Å². The van der Waals surface area contributed by atoms with Crippen LogP contribution in [-0.4, -0.2) is 19.4 Å². The largest absolute Gasteiger partial charge is 0.397 e. The summed E-state index contributed by atoms with van der Waals surface area (Å²) in [5.41, 5.74) is 8.13. The molecule has 1 aromatic rings. The molecule has 3 nitrogen and oxygen atoms in total. The van der Waals surface area contributed by atoms with Gasteiger partial charge in [0.15, 0.2) is 5.78 Å². The second kappa shape index (κ2) is 4.13. The van der Waals surface area contributed by atoms with E-state index in [9.17, 15) is 4.79 Å². The van der Waals surface area contributed by atoms with Gasteiger partial charge >= 0.3 is 0 Å². The van der Waals surface area contributed by atoms with Crippen LogP contribution < -0.4 is 10.6 Å². The van der Waals surface area contributed by atoms with Crippen molar-refractivity contribution in [1.29, 1.82) is 0 Å². The maximum absolute atomic E-state index is 11.1. The molecular formula is C11H16N2O. The molecule has 0 aliphatic carbocycles. The minimum Gasteiger partial charge on any atom is -0.397 e. The Hall–Kier alpha value is -1.51. The Bertz CT molecular complexity index is 347. The van der Waals surface area contributed by atoms with Gasteiger partial charge in [0.05, 0.1) is 11.4 Å². The van der Waals surface area contributed by atoms with E-state index in [1.807, 2.05) is 18.0 Å². The zero-order valence-corrected chi connectivity index (χ0v) is 8.87. The third kappa shape index (κ3) is 2.05. The third-order valence-electron chi connectivity index (χ3n) is 2.32. The van der Waals surface area contributed by atoms with Gasteiger partial charge in [-0.05, 0) is 32.0 Å². The molecule has 0 unspecified atom stereocenters. The van der Waals surface area contributed by atoms with E-state index in [4.69, 9.17) is 5.73 Å². The van der Waals surface area contributed by atoms with Crippen LogP contribution in [0.5, 0.6) is 0 Å². The van der Waals surface area contributed by atoms with Gasteiger partial charge in [-0.3, -0.25) is 4.79 Å². The summed E-state index contributed by atoms with van der Waals surface area (Å²) >= 11 is 0. The summed E-state index contributed by atoms with van der Waals surface area (Å²) in [5, 5.41) is 0. The van der Waals surface area contributed by atoms with Gasteiger partial charge in [-0.15, -0.1) is 0 Å². The lowest BCUT2D eigenvalue weighted by molar-refractivity contribution is 0.101. The smallest absolute Gasteiger partial charge is 0.159 e. The van der Waals surface area contributed by atoms with Crippen molar-refractivity contribution in [3.63, 3.8) is 0 Å². The van der Waals surface area contributed by atoms with Crippen LogP contribution in [0.4, 0.5) is 11.4 Å². The summed E-state index contributed by atoms with van der Waals surface area (Å²) in [6.07, 6.45) is 0. The van der Waals surface area contributed by atoms with Gasteiger partial charge < -0.3 is 10.6 Å². The number of benzene rings is 1. The quantitative estimate of drug-likeness (QED) is 0.588. The summed E-state index contributed by atoms with van der Waals surface area (Å²) in [7, 11) is 1.97. The van der Waals surface area contributed by atoms with E-state index in [2.05, 4.69) is 6.92 Å². The number of nitrogen functional groups attached to an aromatic ring is 1. The van der Waals surface area contributed by atoms with Crippen molar-refractivity contribution in [3.05, 3.63) is 23.8 Å². The van der Waals surface area contributed by atoms with Gasteiger partial charge in [0, 0.05) is 19.2 Å². The van der Waals surface area contributed by atoms with Crippen LogP contribution in [0.15, 0.2) is 18.2 Å². The number of carbonyl (C=O) groups excluding carboxylic acids is 1. The van der Waals surface area contributed by atoms with E-state index in [-0.39, 0.29) is 5.78 Å². The van der Waals surface area contributed by atoms with Crippen molar-refractivity contribution in [2.75, 3.05) is 24.2 Å². The molecule has 0 aromatic heterocycles. The Labute approximate surface area is 84.5 Å². The molecule has 1 rings (SSSR count). The summed E-state index contributed by atoms with van der Waals surface area (Å²) < 4.78 is 0. The van der Waals surface area contributed by atoms with E-state index < -0.39 is 0 Å². The molecule has 0 radical (unpaired) electrons. The molecule has 2 N–H and O–H groups in total. The number of hydrogen-bond acceptors (Lipinski definition) is 3. The van der Waals surface area contributed by atoms with Gasteiger partial charge in [0.1, 0.15) is 0 Å². The maximum Gasteiger partial charge on any atom is 0.159 e. The van der Waals surface area contributed by atoms with Crippen molar-refractivity contribution in [1.82, 2.24) is 0 Å². The second-order valence-corrected chi connectivity index (χ2v) is 3.34. The molecule has 0 heterocycles. The average Bonchev–Trinajstić information content (AvgIpc) is 2.16. The molecule has 3 heteroatoms.